The van der Waals surface area contributed by atoms with Crippen LogP contribution in [0.2, 0.25) is 0 Å². The summed E-state index contributed by atoms with van der Waals surface area (Å²) in [5.74, 6) is 1.17. The summed E-state index contributed by atoms with van der Waals surface area (Å²) >= 11 is 0. The van der Waals surface area contributed by atoms with Crippen molar-refractivity contribution in [3.05, 3.63) is 125 Å². The van der Waals surface area contributed by atoms with E-state index in [-0.39, 0.29) is 17.9 Å². The van der Waals surface area contributed by atoms with E-state index < -0.39 is 6.10 Å². The second kappa shape index (κ2) is 11.0. The molecule has 0 saturated heterocycles. The van der Waals surface area contributed by atoms with Crippen molar-refractivity contribution in [2.24, 2.45) is 0 Å². The number of fused-ring (bicyclic) bond motifs is 1. The summed E-state index contributed by atoms with van der Waals surface area (Å²) < 4.78 is 11.5. The van der Waals surface area contributed by atoms with Gasteiger partial charge in [-0.25, -0.2) is 0 Å². The normalized spacial score (nSPS) is 15.4. The third-order valence-corrected chi connectivity index (χ3v) is 7.00. The molecule has 0 radical (unpaired) electrons. The zero-order valence-corrected chi connectivity index (χ0v) is 22.0. The van der Waals surface area contributed by atoms with Crippen LogP contribution in [0, 0.1) is 6.92 Å². The van der Waals surface area contributed by atoms with Gasteiger partial charge in [0.2, 0.25) is 0 Å². The quantitative estimate of drug-likeness (QED) is 0.316. The molecule has 0 saturated carbocycles. The maximum Gasteiger partial charge on any atom is 0.263 e. The number of nitrogens with zero attached hydrogens (tertiary/aromatic N) is 2. The van der Waals surface area contributed by atoms with E-state index in [0.29, 0.717) is 30.2 Å². The van der Waals surface area contributed by atoms with E-state index in [1.807, 2.05) is 59.5 Å². The number of carbonyl (C=O) groups is 2. The van der Waals surface area contributed by atoms with Crippen LogP contribution in [0.5, 0.6) is 5.75 Å². The number of aryl methyl sites for hydroxylation is 1. The summed E-state index contributed by atoms with van der Waals surface area (Å²) in [5.41, 5.74) is 5.05. The molecule has 194 valence electrons. The lowest BCUT2D eigenvalue weighted by Gasteiger charge is -2.38. The van der Waals surface area contributed by atoms with Gasteiger partial charge in [-0.2, -0.15) is 0 Å². The molecule has 2 atom stereocenters. The standard InChI is InChI=1S/C32H32N2O4/c1-22-9-7-12-26(19-22)30-29-20-27(38-23(2)31(35)33(3)21-28-13-8-18-37-28)15-14-24(29)16-17-34(30)32(36)25-10-5-4-6-11-25/h4-15,18-20,23,30H,16-17,21H2,1-3H3/t23-,30-/m0/s1. The first kappa shape index (κ1) is 25.3. The summed E-state index contributed by atoms with van der Waals surface area (Å²) in [7, 11) is 1.73. The number of carbonyl (C=O) groups excluding carboxylic acids is 2. The molecule has 1 aromatic heterocycles. The van der Waals surface area contributed by atoms with E-state index in [1.54, 1.807) is 31.2 Å². The van der Waals surface area contributed by atoms with E-state index >= 15 is 0 Å². The summed E-state index contributed by atoms with van der Waals surface area (Å²) in [6.45, 7) is 4.80. The third-order valence-electron chi connectivity index (χ3n) is 7.00. The molecule has 1 aliphatic rings. The Balaban J connectivity index is 1.44. The Hall–Kier alpha value is -4.32. The molecule has 0 unspecified atom stereocenters. The Kier molecular flexibility index (Phi) is 7.31. The van der Waals surface area contributed by atoms with Crippen LogP contribution >= 0.6 is 0 Å². The van der Waals surface area contributed by atoms with E-state index in [2.05, 4.69) is 31.2 Å². The number of hydrogen-bond donors (Lipinski definition) is 0. The van der Waals surface area contributed by atoms with Crippen molar-refractivity contribution < 1.29 is 18.7 Å². The lowest BCUT2D eigenvalue weighted by molar-refractivity contribution is -0.137. The zero-order valence-electron chi connectivity index (χ0n) is 22.0. The molecule has 2 heterocycles. The number of likely N-dealkylation sites (N-methyl/N-ethyl adjacent to an activating group) is 1. The van der Waals surface area contributed by atoms with Crippen molar-refractivity contribution in [2.75, 3.05) is 13.6 Å². The minimum atomic E-state index is -0.684. The van der Waals surface area contributed by atoms with E-state index in [4.69, 9.17) is 9.15 Å². The summed E-state index contributed by atoms with van der Waals surface area (Å²) in [4.78, 5) is 30.2. The zero-order chi connectivity index (χ0) is 26.6. The van der Waals surface area contributed by atoms with Gasteiger partial charge in [0.1, 0.15) is 11.5 Å². The molecule has 2 amide bonds. The molecule has 3 aromatic carbocycles. The first-order chi connectivity index (χ1) is 18.4. The Morgan fingerprint density at radius 3 is 2.58 bits per heavy atom. The number of benzene rings is 3. The number of furan rings is 1. The molecule has 5 rings (SSSR count). The largest absolute Gasteiger partial charge is 0.481 e. The highest BCUT2D eigenvalue weighted by Gasteiger charge is 2.33. The Labute approximate surface area is 223 Å². The SMILES string of the molecule is Cc1cccc([C@H]2c3cc(O[C@@H](C)C(=O)N(C)Cc4ccco4)ccc3CCN2C(=O)c2ccccc2)c1. The molecule has 4 aromatic rings. The van der Waals surface area contributed by atoms with Crippen molar-refractivity contribution in [1.29, 1.82) is 0 Å². The second-order valence-electron chi connectivity index (χ2n) is 9.83. The lowest BCUT2D eigenvalue weighted by atomic mass is 9.87. The third kappa shape index (κ3) is 5.35. The van der Waals surface area contributed by atoms with Crippen LogP contribution in [0.1, 0.15) is 51.3 Å². The van der Waals surface area contributed by atoms with Crippen LogP contribution < -0.4 is 4.74 Å². The summed E-state index contributed by atoms with van der Waals surface area (Å²) in [6, 6.07) is 27.0. The highest BCUT2D eigenvalue weighted by Crippen LogP contribution is 2.38. The topological polar surface area (TPSA) is 63.0 Å². The number of amides is 2. The van der Waals surface area contributed by atoms with Gasteiger partial charge in [-0.15, -0.1) is 0 Å². The van der Waals surface area contributed by atoms with Gasteiger partial charge in [0.25, 0.3) is 11.8 Å². The van der Waals surface area contributed by atoms with Crippen LogP contribution in [0.15, 0.2) is 95.6 Å². The van der Waals surface area contributed by atoms with Gasteiger partial charge in [-0.3, -0.25) is 9.59 Å². The first-order valence-corrected chi connectivity index (χ1v) is 12.9. The maximum absolute atomic E-state index is 13.7. The van der Waals surface area contributed by atoms with Gasteiger partial charge >= 0.3 is 0 Å². The minimum absolute atomic E-state index is 0.00262. The smallest absolute Gasteiger partial charge is 0.263 e. The minimum Gasteiger partial charge on any atom is -0.481 e. The molecule has 1 aliphatic heterocycles. The number of rotatable bonds is 7. The summed E-state index contributed by atoms with van der Waals surface area (Å²) in [6.07, 6.45) is 1.66. The maximum atomic E-state index is 13.7. The fraction of sp³-hybridized carbons (Fsp3) is 0.250. The van der Waals surface area contributed by atoms with Crippen molar-refractivity contribution in [2.45, 2.75) is 39.0 Å². The molecule has 0 spiro atoms. The Morgan fingerprint density at radius 2 is 1.84 bits per heavy atom. The van der Waals surface area contributed by atoms with Crippen molar-refractivity contribution in [3.63, 3.8) is 0 Å². The van der Waals surface area contributed by atoms with Gasteiger partial charge < -0.3 is 19.0 Å². The van der Waals surface area contributed by atoms with Gasteiger partial charge in [0.15, 0.2) is 6.10 Å². The molecule has 6 nitrogen and oxygen atoms in total. The van der Waals surface area contributed by atoms with Crippen molar-refractivity contribution >= 4 is 11.8 Å². The summed E-state index contributed by atoms with van der Waals surface area (Å²) in [5, 5.41) is 0. The molecule has 0 aliphatic carbocycles. The van der Waals surface area contributed by atoms with Crippen LogP contribution in [0.3, 0.4) is 0 Å². The predicted octanol–water partition coefficient (Wildman–Crippen LogP) is 5.80. The molecule has 0 fully saturated rings. The van der Waals surface area contributed by atoms with Gasteiger partial charge in [-0.1, -0.05) is 54.1 Å². The first-order valence-electron chi connectivity index (χ1n) is 12.9. The van der Waals surface area contributed by atoms with E-state index in [0.717, 1.165) is 23.1 Å². The Bertz CT molecular complexity index is 1410. The Morgan fingerprint density at radius 1 is 1.03 bits per heavy atom. The van der Waals surface area contributed by atoms with Gasteiger partial charge in [-0.05, 0) is 73.4 Å². The molecular formula is C32H32N2O4. The van der Waals surface area contributed by atoms with Crippen LogP contribution in [0.25, 0.3) is 0 Å². The molecule has 6 heteroatoms. The fourth-order valence-corrected chi connectivity index (χ4v) is 5.11. The van der Waals surface area contributed by atoms with Crippen LogP contribution in [-0.4, -0.2) is 41.3 Å². The molecule has 0 N–H and O–H groups in total. The van der Waals surface area contributed by atoms with Crippen molar-refractivity contribution in [1.82, 2.24) is 9.80 Å². The average molecular weight is 509 g/mol. The van der Waals surface area contributed by atoms with E-state index in [1.165, 1.54) is 5.56 Å². The van der Waals surface area contributed by atoms with Gasteiger partial charge in [0.05, 0.1) is 18.8 Å². The average Bonchev–Trinajstić information content (AvgIpc) is 3.45. The van der Waals surface area contributed by atoms with Gasteiger partial charge in [0, 0.05) is 19.2 Å². The fourth-order valence-electron chi connectivity index (χ4n) is 5.11. The highest BCUT2D eigenvalue weighted by molar-refractivity contribution is 5.95. The van der Waals surface area contributed by atoms with Crippen molar-refractivity contribution in [3.8, 4) is 5.75 Å². The number of hydrogen-bond acceptors (Lipinski definition) is 4. The lowest BCUT2D eigenvalue weighted by Crippen LogP contribution is -2.40. The van der Waals surface area contributed by atoms with E-state index in [9.17, 15) is 9.59 Å². The predicted molar refractivity (Wildman–Crippen MR) is 146 cm³/mol. The molecular weight excluding hydrogens is 476 g/mol. The van der Waals surface area contributed by atoms with Crippen LogP contribution in [0.4, 0.5) is 0 Å². The van der Waals surface area contributed by atoms with Crippen LogP contribution in [-0.2, 0) is 17.8 Å². The number of ether oxygens (including phenoxy) is 1. The monoisotopic (exact) mass is 508 g/mol. The molecule has 0 bridgehead atoms. The highest BCUT2D eigenvalue weighted by atomic mass is 16.5. The second-order valence-corrected chi connectivity index (χ2v) is 9.83. The molecule has 38 heavy (non-hydrogen) atoms.